The van der Waals surface area contributed by atoms with Crippen LogP contribution in [-0.4, -0.2) is 54.6 Å². The first-order valence-corrected chi connectivity index (χ1v) is 11.5. The van der Waals surface area contributed by atoms with Gasteiger partial charge in [0.1, 0.15) is 11.4 Å². The van der Waals surface area contributed by atoms with Crippen LogP contribution >= 0.6 is 0 Å². The van der Waals surface area contributed by atoms with Crippen molar-refractivity contribution in [3.8, 4) is 17.2 Å². The Morgan fingerprint density at radius 3 is 2.55 bits per heavy atom. The van der Waals surface area contributed by atoms with Crippen LogP contribution in [0.15, 0.2) is 54.6 Å². The number of fused-ring (bicyclic) bond motifs is 3. The molecule has 33 heavy (non-hydrogen) atoms. The number of hydrogen-bond acceptors (Lipinski definition) is 6. The molecule has 6 heteroatoms. The van der Waals surface area contributed by atoms with E-state index in [2.05, 4.69) is 23.1 Å². The molecule has 2 unspecified atom stereocenters. The quantitative estimate of drug-likeness (QED) is 0.607. The Morgan fingerprint density at radius 2 is 1.79 bits per heavy atom. The van der Waals surface area contributed by atoms with Gasteiger partial charge >= 0.3 is 0 Å². The molecule has 0 amide bonds. The summed E-state index contributed by atoms with van der Waals surface area (Å²) >= 11 is 0. The minimum absolute atomic E-state index is 0.374. The number of likely N-dealkylation sites (tertiary alicyclic amines) is 1. The molecule has 2 N–H and O–H groups in total. The molecule has 0 aromatic heterocycles. The van der Waals surface area contributed by atoms with Crippen molar-refractivity contribution in [3.05, 3.63) is 65.7 Å². The average Bonchev–Trinajstić information content (AvgIpc) is 2.85. The van der Waals surface area contributed by atoms with E-state index in [9.17, 15) is 10.2 Å². The van der Waals surface area contributed by atoms with Gasteiger partial charge in [-0.2, -0.15) is 0 Å². The lowest BCUT2D eigenvalue weighted by atomic mass is 9.81. The molecule has 174 valence electrons. The Kier molecular flexibility index (Phi) is 5.91. The fourth-order valence-electron chi connectivity index (χ4n) is 5.22. The smallest absolute Gasteiger partial charge is 0.161 e. The van der Waals surface area contributed by atoms with Crippen LogP contribution in [0.5, 0.6) is 17.2 Å². The summed E-state index contributed by atoms with van der Waals surface area (Å²) in [5.41, 5.74) is 1.31. The highest BCUT2D eigenvalue weighted by atomic mass is 16.5. The Morgan fingerprint density at radius 1 is 1.03 bits per heavy atom. The third-order valence-electron chi connectivity index (χ3n) is 7.14. The maximum absolute atomic E-state index is 10.9. The van der Waals surface area contributed by atoms with E-state index in [1.165, 1.54) is 0 Å². The average molecular weight is 450 g/mol. The molecule has 0 bridgehead atoms. The fraction of sp³-hybridized carbons (Fsp3) is 0.407. The molecule has 0 radical (unpaired) electrons. The molecule has 1 fully saturated rings. The molecule has 2 aliphatic rings. The SMILES string of the molecule is COc1ccc(C(O)CN2CCC3(CC2)CC(O)c2ccc4ccccc4c2O3)cc1OC. The second-order valence-electron chi connectivity index (χ2n) is 9.14. The molecule has 5 rings (SSSR count). The summed E-state index contributed by atoms with van der Waals surface area (Å²) in [6.07, 6.45) is 1.07. The molecule has 6 nitrogen and oxygen atoms in total. The van der Waals surface area contributed by atoms with E-state index in [-0.39, 0.29) is 5.60 Å². The third-order valence-corrected chi connectivity index (χ3v) is 7.14. The zero-order chi connectivity index (χ0) is 23.0. The molecule has 2 aliphatic heterocycles. The van der Waals surface area contributed by atoms with Crippen LogP contribution in [0.1, 0.15) is 42.6 Å². The van der Waals surface area contributed by atoms with Crippen molar-refractivity contribution in [3.63, 3.8) is 0 Å². The molecule has 0 saturated carbocycles. The zero-order valence-electron chi connectivity index (χ0n) is 19.2. The van der Waals surface area contributed by atoms with Gasteiger partial charge in [0.15, 0.2) is 11.5 Å². The van der Waals surface area contributed by atoms with Gasteiger partial charge < -0.3 is 29.3 Å². The first-order chi connectivity index (χ1) is 16.0. The first-order valence-electron chi connectivity index (χ1n) is 11.5. The van der Waals surface area contributed by atoms with E-state index in [1.54, 1.807) is 14.2 Å². The number of ether oxygens (including phenoxy) is 3. The topological polar surface area (TPSA) is 71.4 Å². The number of piperidine rings is 1. The fourth-order valence-corrected chi connectivity index (χ4v) is 5.22. The number of aliphatic hydroxyl groups excluding tert-OH is 2. The molecule has 0 aliphatic carbocycles. The molecular formula is C27H31NO5. The van der Waals surface area contributed by atoms with Crippen molar-refractivity contribution in [2.24, 2.45) is 0 Å². The van der Waals surface area contributed by atoms with E-state index in [1.807, 2.05) is 36.4 Å². The van der Waals surface area contributed by atoms with Gasteiger partial charge in [0, 0.05) is 37.0 Å². The summed E-state index contributed by atoms with van der Waals surface area (Å²) in [6.45, 7) is 2.14. The van der Waals surface area contributed by atoms with Crippen molar-refractivity contribution in [2.75, 3.05) is 33.9 Å². The number of benzene rings is 3. The number of methoxy groups -OCH3 is 2. The van der Waals surface area contributed by atoms with Crippen LogP contribution in [-0.2, 0) is 0 Å². The van der Waals surface area contributed by atoms with Crippen LogP contribution < -0.4 is 14.2 Å². The number of rotatable bonds is 5. The van der Waals surface area contributed by atoms with Crippen LogP contribution in [0.25, 0.3) is 10.8 Å². The molecule has 3 aromatic carbocycles. The Bertz CT molecular complexity index is 1140. The van der Waals surface area contributed by atoms with Gasteiger partial charge in [-0.1, -0.05) is 42.5 Å². The van der Waals surface area contributed by atoms with Gasteiger partial charge in [-0.25, -0.2) is 0 Å². The number of hydrogen-bond donors (Lipinski definition) is 2. The third kappa shape index (κ3) is 4.14. The van der Waals surface area contributed by atoms with Crippen molar-refractivity contribution in [1.82, 2.24) is 4.90 Å². The molecule has 1 spiro atoms. The second-order valence-corrected chi connectivity index (χ2v) is 9.14. The number of nitrogens with zero attached hydrogens (tertiary/aromatic N) is 1. The van der Waals surface area contributed by atoms with Gasteiger partial charge in [-0.15, -0.1) is 0 Å². The van der Waals surface area contributed by atoms with Crippen molar-refractivity contribution in [2.45, 2.75) is 37.1 Å². The Hall–Kier alpha value is -2.80. The first kappa shape index (κ1) is 22.0. The number of aliphatic hydroxyl groups is 2. The van der Waals surface area contributed by atoms with Crippen LogP contribution in [0, 0.1) is 0 Å². The minimum atomic E-state index is -0.624. The van der Waals surface area contributed by atoms with Gasteiger partial charge in [0.05, 0.1) is 26.4 Å². The summed E-state index contributed by atoms with van der Waals surface area (Å²) in [7, 11) is 3.20. The van der Waals surface area contributed by atoms with Crippen molar-refractivity contribution >= 4 is 10.8 Å². The highest BCUT2D eigenvalue weighted by Crippen LogP contribution is 2.47. The Balaban J connectivity index is 1.28. The molecular weight excluding hydrogens is 418 g/mol. The predicted molar refractivity (Wildman–Crippen MR) is 127 cm³/mol. The van der Waals surface area contributed by atoms with Crippen LogP contribution in [0.3, 0.4) is 0 Å². The summed E-state index contributed by atoms with van der Waals surface area (Å²) in [6, 6.07) is 17.7. The Labute approximate surface area is 194 Å². The second kappa shape index (κ2) is 8.86. The summed E-state index contributed by atoms with van der Waals surface area (Å²) in [4.78, 5) is 2.26. The number of β-amino-alcohol motifs (C(OH)–C–C–N with tert-alkyl or cyclic N) is 1. The lowest BCUT2D eigenvalue weighted by Crippen LogP contribution is -2.51. The highest BCUT2D eigenvalue weighted by molar-refractivity contribution is 5.90. The van der Waals surface area contributed by atoms with Crippen molar-refractivity contribution in [1.29, 1.82) is 0 Å². The summed E-state index contributed by atoms with van der Waals surface area (Å²) < 4.78 is 17.3. The summed E-state index contributed by atoms with van der Waals surface area (Å²) in [5, 5.41) is 24.0. The minimum Gasteiger partial charge on any atom is -0.493 e. The van der Waals surface area contributed by atoms with Crippen molar-refractivity contribution < 1.29 is 24.4 Å². The maximum Gasteiger partial charge on any atom is 0.161 e. The van der Waals surface area contributed by atoms with E-state index in [4.69, 9.17) is 14.2 Å². The molecule has 2 heterocycles. The van der Waals surface area contributed by atoms with Gasteiger partial charge in [-0.3, -0.25) is 0 Å². The van der Waals surface area contributed by atoms with Gasteiger partial charge in [0.25, 0.3) is 0 Å². The van der Waals surface area contributed by atoms with Crippen LogP contribution in [0.2, 0.25) is 0 Å². The summed E-state index contributed by atoms with van der Waals surface area (Å²) in [5.74, 6) is 2.09. The van der Waals surface area contributed by atoms with E-state index in [0.717, 1.165) is 53.6 Å². The van der Waals surface area contributed by atoms with E-state index < -0.39 is 12.2 Å². The maximum atomic E-state index is 10.9. The van der Waals surface area contributed by atoms with E-state index in [0.29, 0.717) is 24.5 Å². The molecule has 1 saturated heterocycles. The van der Waals surface area contributed by atoms with Gasteiger partial charge in [0.2, 0.25) is 0 Å². The highest BCUT2D eigenvalue weighted by Gasteiger charge is 2.43. The lowest BCUT2D eigenvalue weighted by Gasteiger charge is -2.46. The van der Waals surface area contributed by atoms with Gasteiger partial charge in [-0.05, 0) is 35.9 Å². The van der Waals surface area contributed by atoms with Crippen LogP contribution in [0.4, 0.5) is 0 Å². The largest absolute Gasteiger partial charge is 0.493 e. The normalized spacial score (nSPS) is 20.8. The lowest BCUT2D eigenvalue weighted by molar-refractivity contribution is -0.0577. The monoisotopic (exact) mass is 449 g/mol. The molecule has 3 aromatic rings. The zero-order valence-corrected chi connectivity index (χ0v) is 19.2. The predicted octanol–water partition coefficient (Wildman–Crippen LogP) is 4.24. The molecule has 2 atom stereocenters. The standard InChI is InChI=1S/C27H31NO5/c1-31-24-10-8-19(15-25(24)32-2)23(30)17-28-13-11-27(12-14-28)16-22(29)21-9-7-18-5-3-4-6-20(18)26(21)33-27/h3-10,15,22-23,29-30H,11-14,16-17H2,1-2H3. The van der Waals surface area contributed by atoms with E-state index >= 15 is 0 Å².